The third-order valence-electron chi connectivity index (χ3n) is 4.25. The van der Waals surface area contributed by atoms with Crippen molar-refractivity contribution in [2.24, 2.45) is 0 Å². The smallest absolute Gasteiger partial charge is 0.193 e. The van der Waals surface area contributed by atoms with Crippen molar-refractivity contribution >= 4 is 30.6 Å². The van der Waals surface area contributed by atoms with Crippen LogP contribution >= 0.6 is 24.8 Å². The fourth-order valence-electron chi connectivity index (χ4n) is 3.20. The Balaban J connectivity index is 0.00000104. The zero-order valence-electron chi connectivity index (χ0n) is 12.9. The van der Waals surface area contributed by atoms with E-state index < -0.39 is 0 Å². The maximum atomic E-state index is 12.9. The zero-order chi connectivity index (χ0) is 14.9. The van der Waals surface area contributed by atoms with Gasteiger partial charge in [-0.15, -0.1) is 24.8 Å². The molecule has 2 nitrogen and oxygen atoms in total. The molecule has 0 saturated heterocycles. The molecule has 0 fully saturated rings. The van der Waals surface area contributed by atoms with Crippen molar-refractivity contribution in [2.45, 2.75) is 12.8 Å². The summed E-state index contributed by atoms with van der Waals surface area (Å²) in [6.07, 6.45) is 5.19. The molecule has 0 radical (unpaired) electrons. The number of ketones is 1. The summed E-state index contributed by atoms with van der Waals surface area (Å²) in [6, 6.07) is 18.1. The molecule has 1 aliphatic carbocycles. The number of hydrogen-bond donors (Lipinski definition) is 0. The molecule has 1 aromatic heterocycles. The molecular weight excluding hydrogens is 341 g/mol. The Labute approximate surface area is 153 Å². The fraction of sp³-hybridized carbons (Fsp3) is 0.100. The average Bonchev–Trinajstić information content (AvgIpc) is 2.56. The number of fused-ring (bicyclic) bond motifs is 2. The summed E-state index contributed by atoms with van der Waals surface area (Å²) in [7, 11) is 0. The number of benzene rings is 2. The van der Waals surface area contributed by atoms with Crippen LogP contribution < -0.4 is 0 Å². The summed E-state index contributed by atoms with van der Waals surface area (Å²) in [5.41, 5.74) is 6.27. The van der Waals surface area contributed by atoms with Gasteiger partial charge in [0.05, 0.1) is 0 Å². The second-order valence-corrected chi connectivity index (χ2v) is 5.65. The first-order valence-electron chi connectivity index (χ1n) is 7.45. The Bertz CT molecular complexity index is 863. The van der Waals surface area contributed by atoms with Gasteiger partial charge in [-0.05, 0) is 47.2 Å². The number of hydrogen-bond acceptors (Lipinski definition) is 2. The van der Waals surface area contributed by atoms with Gasteiger partial charge >= 0.3 is 0 Å². The molecule has 0 bridgehead atoms. The van der Waals surface area contributed by atoms with E-state index in [-0.39, 0.29) is 30.6 Å². The average molecular weight is 358 g/mol. The Kier molecular flexibility index (Phi) is 5.76. The minimum Gasteiger partial charge on any atom is -0.289 e. The molecule has 3 aromatic rings. The van der Waals surface area contributed by atoms with Gasteiger partial charge in [-0.25, -0.2) is 0 Å². The summed E-state index contributed by atoms with van der Waals surface area (Å²) in [5.74, 6) is 0.154. The lowest BCUT2D eigenvalue weighted by Crippen LogP contribution is -2.17. The van der Waals surface area contributed by atoms with Gasteiger partial charge in [-0.3, -0.25) is 9.78 Å². The first kappa shape index (κ1) is 18.2. The maximum absolute atomic E-state index is 12.9. The number of nitrogens with zero attached hydrogens (tertiary/aromatic N) is 1. The van der Waals surface area contributed by atoms with E-state index in [0.29, 0.717) is 0 Å². The summed E-state index contributed by atoms with van der Waals surface area (Å²) in [4.78, 5) is 17.0. The molecule has 0 spiro atoms. The van der Waals surface area contributed by atoms with Crippen LogP contribution in [0.2, 0.25) is 0 Å². The molecule has 0 aliphatic heterocycles. The normalized spacial score (nSPS) is 11.6. The van der Waals surface area contributed by atoms with Crippen molar-refractivity contribution in [3.63, 3.8) is 0 Å². The van der Waals surface area contributed by atoms with Gasteiger partial charge in [0, 0.05) is 23.5 Å². The van der Waals surface area contributed by atoms with E-state index in [9.17, 15) is 4.79 Å². The largest absolute Gasteiger partial charge is 0.289 e. The summed E-state index contributed by atoms with van der Waals surface area (Å²) in [5, 5.41) is 0. The lowest BCUT2D eigenvalue weighted by molar-refractivity contribution is 0.103. The van der Waals surface area contributed by atoms with E-state index in [2.05, 4.69) is 23.2 Å². The Morgan fingerprint density at radius 2 is 1.54 bits per heavy atom. The molecule has 0 atom stereocenters. The lowest BCUT2D eigenvalue weighted by atomic mass is 9.81. The van der Waals surface area contributed by atoms with Gasteiger partial charge in [-0.1, -0.05) is 42.5 Å². The molecule has 0 amide bonds. The molecule has 4 rings (SSSR count). The molecule has 1 aliphatic rings. The zero-order valence-corrected chi connectivity index (χ0v) is 14.6. The van der Waals surface area contributed by atoms with Crippen molar-refractivity contribution in [2.75, 3.05) is 0 Å². The third-order valence-corrected chi connectivity index (χ3v) is 4.25. The van der Waals surface area contributed by atoms with E-state index in [0.717, 1.165) is 40.7 Å². The van der Waals surface area contributed by atoms with Crippen LogP contribution in [-0.2, 0) is 12.8 Å². The molecule has 122 valence electrons. The third kappa shape index (κ3) is 3.21. The Hall–Kier alpha value is -2.16. The first-order chi connectivity index (χ1) is 10.8. The summed E-state index contributed by atoms with van der Waals surface area (Å²) >= 11 is 0. The van der Waals surface area contributed by atoms with Crippen molar-refractivity contribution in [1.29, 1.82) is 0 Å². The van der Waals surface area contributed by atoms with E-state index >= 15 is 0 Å². The van der Waals surface area contributed by atoms with Gasteiger partial charge in [0.2, 0.25) is 0 Å². The molecule has 0 saturated carbocycles. The highest BCUT2D eigenvalue weighted by molar-refractivity contribution is 6.13. The van der Waals surface area contributed by atoms with Crippen LogP contribution in [0.1, 0.15) is 38.2 Å². The van der Waals surface area contributed by atoms with E-state index in [1.54, 1.807) is 12.4 Å². The highest BCUT2D eigenvalue weighted by Gasteiger charge is 2.25. The number of pyridine rings is 1. The minimum absolute atomic E-state index is 0. The van der Waals surface area contributed by atoms with Crippen LogP contribution in [0.3, 0.4) is 0 Å². The van der Waals surface area contributed by atoms with E-state index in [4.69, 9.17) is 0 Å². The first-order valence-corrected chi connectivity index (χ1v) is 7.45. The van der Waals surface area contributed by atoms with Crippen LogP contribution in [-0.4, -0.2) is 10.8 Å². The molecule has 4 heteroatoms. The van der Waals surface area contributed by atoms with Crippen LogP contribution in [0.4, 0.5) is 0 Å². The highest BCUT2D eigenvalue weighted by Crippen LogP contribution is 2.30. The molecule has 0 unspecified atom stereocenters. The second kappa shape index (κ2) is 7.61. The number of halogens is 2. The van der Waals surface area contributed by atoms with Crippen molar-refractivity contribution in [1.82, 2.24) is 4.98 Å². The van der Waals surface area contributed by atoms with Crippen LogP contribution in [0.15, 0.2) is 67.0 Å². The van der Waals surface area contributed by atoms with Crippen LogP contribution in [0.25, 0.3) is 0 Å². The van der Waals surface area contributed by atoms with Crippen molar-refractivity contribution in [3.8, 4) is 0 Å². The highest BCUT2D eigenvalue weighted by atomic mass is 35.5. The van der Waals surface area contributed by atoms with Crippen molar-refractivity contribution in [3.05, 3.63) is 100 Å². The topological polar surface area (TPSA) is 30.0 Å². The van der Waals surface area contributed by atoms with Crippen LogP contribution in [0, 0.1) is 0 Å². The fourth-order valence-corrected chi connectivity index (χ4v) is 3.20. The minimum atomic E-state index is 0. The standard InChI is InChI=1S/C20H15NO.2ClH/c22-20-18-7-2-1-4-15(18)13-17-6-3-5-16(19(17)20)12-14-8-10-21-11-9-14;;/h1-11H,12-13H2;2*1H. The number of rotatable bonds is 2. The lowest BCUT2D eigenvalue weighted by Gasteiger charge is -2.21. The predicted molar refractivity (Wildman–Crippen MR) is 101 cm³/mol. The van der Waals surface area contributed by atoms with Gasteiger partial charge in [0.25, 0.3) is 0 Å². The number of carbonyl (C=O) groups excluding carboxylic acids is 1. The van der Waals surface area contributed by atoms with Crippen LogP contribution in [0.5, 0.6) is 0 Å². The van der Waals surface area contributed by atoms with Gasteiger partial charge in [-0.2, -0.15) is 0 Å². The Morgan fingerprint density at radius 1 is 0.833 bits per heavy atom. The van der Waals surface area contributed by atoms with Crippen molar-refractivity contribution < 1.29 is 4.79 Å². The number of aromatic nitrogens is 1. The molecular formula is C20H17Cl2NO. The quantitative estimate of drug-likeness (QED) is 0.522. The predicted octanol–water partition coefficient (Wildman–Crippen LogP) is 4.65. The Morgan fingerprint density at radius 3 is 2.33 bits per heavy atom. The second-order valence-electron chi connectivity index (χ2n) is 5.65. The van der Waals surface area contributed by atoms with Gasteiger partial charge in [0.15, 0.2) is 5.78 Å². The molecule has 0 N–H and O–H groups in total. The molecule has 24 heavy (non-hydrogen) atoms. The van der Waals surface area contributed by atoms with E-state index in [1.807, 2.05) is 36.4 Å². The molecule has 2 aromatic carbocycles. The maximum Gasteiger partial charge on any atom is 0.193 e. The van der Waals surface area contributed by atoms with E-state index in [1.165, 1.54) is 5.56 Å². The molecule has 1 heterocycles. The van der Waals surface area contributed by atoms with Gasteiger partial charge in [0.1, 0.15) is 0 Å². The summed E-state index contributed by atoms with van der Waals surface area (Å²) in [6.45, 7) is 0. The number of carbonyl (C=O) groups is 1. The summed E-state index contributed by atoms with van der Waals surface area (Å²) < 4.78 is 0. The monoisotopic (exact) mass is 357 g/mol. The van der Waals surface area contributed by atoms with Gasteiger partial charge < -0.3 is 0 Å². The SMILES string of the molecule is Cl.Cl.O=C1c2ccccc2Cc2cccc(Cc3ccncc3)c21.